The monoisotopic (exact) mass is 264 g/mol. The molecule has 3 rings (SSSR count). The van der Waals surface area contributed by atoms with E-state index in [1.54, 1.807) is 0 Å². The Bertz CT molecular complexity index is 688. The normalized spacial score (nSPS) is 10.6. The molecule has 0 saturated carbocycles. The Morgan fingerprint density at radius 2 is 1.80 bits per heavy atom. The lowest BCUT2D eigenvalue weighted by molar-refractivity contribution is 0.865. The molecule has 0 fully saturated rings. The van der Waals surface area contributed by atoms with Crippen LogP contribution in [-0.2, 0) is 12.8 Å². The highest BCUT2D eigenvalue weighted by Gasteiger charge is 2.06. The largest absolute Gasteiger partial charge is 0.399 e. The zero-order valence-corrected chi connectivity index (χ0v) is 11.1. The third kappa shape index (κ3) is 2.85. The van der Waals surface area contributed by atoms with Crippen molar-refractivity contribution < 1.29 is 0 Å². The van der Waals surface area contributed by atoms with E-state index in [1.807, 2.05) is 42.5 Å². The van der Waals surface area contributed by atoms with Crippen molar-refractivity contribution in [3.63, 3.8) is 0 Å². The van der Waals surface area contributed by atoms with Gasteiger partial charge in [-0.15, -0.1) is 0 Å². The van der Waals surface area contributed by atoms with Gasteiger partial charge >= 0.3 is 0 Å². The summed E-state index contributed by atoms with van der Waals surface area (Å²) in [5.74, 6) is 1.59. The summed E-state index contributed by atoms with van der Waals surface area (Å²) in [6, 6.07) is 18.0. The van der Waals surface area contributed by atoms with Crippen molar-refractivity contribution in [3.8, 4) is 11.4 Å². The standard InChI is InChI=1S/C16H16N4/c17-14-8-4-7-13(11-14)16-18-15(19-20-16)10-9-12-5-2-1-3-6-12/h1-8,11H,9-10,17H2,(H,18,19,20). The zero-order valence-electron chi connectivity index (χ0n) is 11.1. The van der Waals surface area contributed by atoms with Gasteiger partial charge in [0.15, 0.2) is 5.82 Å². The second-order valence-electron chi connectivity index (χ2n) is 4.72. The topological polar surface area (TPSA) is 67.6 Å². The third-order valence-electron chi connectivity index (χ3n) is 3.17. The van der Waals surface area contributed by atoms with Crippen molar-refractivity contribution in [2.75, 3.05) is 5.73 Å². The number of nitrogen functional groups attached to an aromatic ring is 1. The lowest BCUT2D eigenvalue weighted by Gasteiger charge is -1.98. The highest BCUT2D eigenvalue weighted by molar-refractivity contribution is 5.60. The minimum atomic E-state index is 0.695. The van der Waals surface area contributed by atoms with E-state index in [0.717, 1.165) is 29.9 Å². The van der Waals surface area contributed by atoms with Crippen molar-refractivity contribution >= 4 is 5.69 Å². The maximum atomic E-state index is 5.77. The lowest BCUT2D eigenvalue weighted by Crippen LogP contribution is -1.93. The Morgan fingerprint density at radius 1 is 0.950 bits per heavy atom. The fraction of sp³-hybridized carbons (Fsp3) is 0.125. The number of nitrogens with one attached hydrogen (secondary N) is 1. The van der Waals surface area contributed by atoms with Gasteiger partial charge in [-0.05, 0) is 24.1 Å². The molecule has 0 spiro atoms. The minimum Gasteiger partial charge on any atom is -0.399 e. The minimum absolute atomic E-state index is 0.695. The molecule has 0 aliphatic carbocycles. The molecule has 0 aliphatic rings. The molecule has 4 heteroatoms. The van der Waals surface area contributed by atoms with Crippen LogP contribution in [0.3, 0.4) is 0 Å². The number of H-pyrrole nitrogens is 1. The molecule has 1 heterocycles. The first-order valence-corrected chi connectivity index (χ1v) is 6.62. The number of hydrogen-bond donors (Lipinski definition) is 2. The predicted molar refractivity (Wildman–Crippen MR) is 80.1 cm³/mol. The van der Waals surface area contributed by atoms with Gasteiger partial charge in [0.25, 0.3) is 0 Å². The molecule has 0 atom stereocenters. The van der Waals surface area contributed by atoms with Crippen LogP contribution in [0.25, 0.3) is 11.4 Å². The van der Waals surface area contributed by atoms with Crippen LogP contribution in [0.5, 0.6) is 0 Å². The predicted octanol–water partition coefficient (Wildman–Crippen LogP) is 2.84. The highest BCUT2D eigenvalue weighted by atomic mass is 15.2. The third-order valence-corrected chi connectivity index (χ3v) is 3.17. The van der Waals surface area contributed by atoms with Gasteiger partial charge in [0.05, 0.1) is 0 Å². The Balaban J connectivity index is 1.71. The second-order valence-corrected chi connectivity index (χ2v) is 4.72. The van der Waals surface area contributed by atoms with Gasteiger partial charge in [-0.1, -0.05) is 42.5 Å². The number of anilines is 1. The van der Waals surface area contributed by atoms with Crippen LogP contribution in [0.4, 0.5) is 5.69 Å². The first-order chi connectivity index (χ1) is 9.81. The molecule has 2 aromatic carbocycles. The van der Waals surface area contributed by atoms with E-state index >= 15 is 0 Å². The number of hydrogen-bond acceptors (Lipinski definition) is 3. The molecule has 100 valence electrons. The van der Waals surface area contributed by atoms with Crippen LogP contribution in [-0.4, -0.2) is 15.2 Å². The van der Waals surface area contributed by atoms with E-state index < -0.39 is 0 Å². The summed E-state index contributed by atoms with van der Waals surface area (Å²) in [6.07, 6.45) is 1.80. The van der Waals surface area contributed by atoms with E-state index in [2.05, 4.69) is 27.3 Å². The summed E-state index contributed by atoms with van der Waals surface area (Å²) >= 11 is 0. The van der Waals surface area contributed by atoms with Gasteiger partial charge in [-0.2, -0.15) is 5.10 Å². The van der Waals surface area contributed by atoms with Gasteiger partial charge in [0.2, 0.25) is 0 Å². The number of nitrogens with zero attached hydrogens (tertiary/aromatic N) is 2. The molecule has 0 bridgehead atoms. The zero-order chi connectivity index (χ0) is 13.8. The number of rotatable bonds is 4. The summed E-state index contributed by atoms with van der Waals surface area (Å²) in [5, 5.41) is 7.24. The van der Waals surface area contributed by atoms with Crippen molar-refractivity contribution in [1.29, 1.82) is 0 Å². The molecule has 0 amide bonds. The molecule has 4 nitrogen and oxygen atoms in total. The Labute approximate surface area is 117 Å². The van der Waals surface area contributed by atoms with Gasteiger partial charge in [0.1, 0.15) is 5.82 Å². The van der Waals surface area contributed by atoms with Crippen LogP contribution in [0.15, 0.2) is 54.6 Å². The van der Waals surface area contributed by atoms with E-state index in [9.17, 15) is 0 Å². The lowest BCUT2D eigenvalue weighted by atomic mass is 10.1. The maximum Gasteiger partial charge on any atom is 0.181 e. The van der Waals surface area contributed by atoms with Crippen molar-refractivity contribution in [3.05, 3.63) is 66.0 Å². The Hall–Kier alpha value is -2.62. The van der Waals surface area contributed by atoms with Gasteiger partial charge in [-0.25, -0.2) is 4.98 Å². The van der Waals surface area contributed by atoms with Crippen LogP contribution >= 0.6 is 0 Å². The summed E-state index contributed by atoms with van der Waals surface area (Å²) in [7, 11) is 0. The Kier molecular flexibility index (Phi) is 3.46. The van der Waals surface area contributed by atoms with Crippen LogP contribution in [0.1, 0.15) is 11.4 Å². The summed E-state index contributed by atoms with van der Waals surface area (Å²) < 4.78 is 0. The molecule has 20 heavy (non-hydrogen) atoms. The fourth-order valence-electron chi connectivity index (χ4n) is 2.12. The highest BCUT2D eigenvalue weighted by Crippen LogP contribution is 2.17. The average Bonchev–Trinajstić information content (AvgIpc) is 2.95. The van der Waals surface area contributed by atoms with E-state index in [-0.39, 0.29) is 0 Å². The first kappa shape index (κ1) is 12.4. The summed E-state index contributed by atoms with van der Waals surface area (Å²) in [4.78, 5) is 4.51. The molecule has 3 aromatic rings. The van der Waals surface area contributed by atoms with Crippen molar-refractivity contribution in [2.24, 2.45) is 0 Å². The van der Waals surface area contributed by atoms with E-state index in [0.29, 0.717) is 5.82 Å². The molecular weight excluding hydrogens is 248 g/mol. The van der Waals surface area contributed by atoms with Gasteiger partial charge < -0.3 is 5.73 Å². The number of nitrogens with two attached hydrogens (primary N) is 1. The quantitative estimate of drug-likeness (QED) is 0.712. The van der Waals surface area contributed by atoms with E-state index in [1.165, 1.54) is 5.56 Å². The molecule has 0 aliphatic heterocycles. The van der Waals surface area contributed by atoms with E-state index in [4.69, 9.17) is 5.73 Å². The number of benzene rings is 2. The van der Waals surface area contributed by atoms with Crippen LogP contribution in [0.2, 0.25) is 0 Å². The smallest absolute Gasteiger partial charge is 0.181 e. The van der Waals surface area contributed by atoms with Crippen molar-refractivity contribution in [2.45, 2.75) is 12.8 Å². The number of aromatic amines is 1. The molecule has 3 N–H and O–H groups in total. The number of aryl methyl sites for hydroxylation is 2. The number of aromatic nitrogens is 3. The average molecular weight is 264 g/mol. The van der Waals surface area contributed by atoms with Crippen LogP contribution < -0.4 is 5.73 Å². The maximum absolute atomic E-state index is 5.77. The molecule has 0 radical (unpaired) electrons. The fourth-order valence-corrected chi connectivity index (χ4v) is 2.12. The molecular formula is C16H16N4. The Morgan fingerprint density at radius 3 is 2.60 bits per heavy atom. The molecule has 0 unspecified atom stereocenters. The second kappa shape index (κ2) is 5.57. The molecule has 1 aromatic heterocycles. The first-order valence-electron chi connectivity index (χ1n) is 6.62. The summed E-state index contributed by atoms with van der Waals surface area (Å²) in [6.45, 7) is 0. The summed E-state index contributed by atoms with van der Waals surface area (Å²) in [5.41, 5.74) is 8.73. The van der Waals surface area contributed by atoms with Crippen molar-refractivity contribution in [1.82, 2.24) is 15.2 Å². The van der Waals surface area contributed by atoms with Crippen LogP contribution in [0, 0.1) is 0 Å². The SMILES string of the molecule is Nc1cccc(-c2n[nH]c(CCc3ccccc3)n2)c1. The molecule has 0 saturated heterocycles. The van der Waals surface area contributed by atoms with Gasteiger partial charge in [-0.3, -0.25) is 5.10 Å². The van der Waals surface area contributed by atoms with Gasteiger partial charge in [0, 0.05) is 17.7 Å².